The maximum absolute atomic E-state index is 11.1. The highest BCUT2D eigenvalue weighted by Crippen LogP contribution is 2.39. The smallest absolute Gasteiger partial charge is 0.248 e. The summed E-state index contributed by atoms with van der Waals surface area (Å²) < 4.78 is 11.8. The average Bonchev–Trinajstić information content (AvgIpc) is 3.04. The molecule has 0 aromatic heterocycles. The number of ether oxygens (including phenoxy) is 2. The van der Waals surface area contributed by atoms with Gasteiger partial charge in [0.1, 0.15) is 12.4 Å². The lowest BCUT2D eigenvalue weighted by atomic mass is 9.84. The molecule has 1 saturated heterocycles. The molecule has 0 bridgehead atoms. The maximum atomic E-state index is 11.1. The number of aromatic hydroxyl groups is 1. The molecule has 1 heterocycles. The van der Waals surface area contributed by atoms with E-state index in [1.165, 1.54) is 24.4 Å². The Bertz CT molecular complexity index is 1570. The number of primary amides is 1. The quantitative estimate of drug-likeness (QED) is 0.155. The maximum Gasteiger partial charge on any atom is 0.248 e. The monoisotopic (exact) mass is 635 g/mol. The van der Waals surface area contributed by atoms with Gasteiger partial charge in [-0.2, -0.15) is 0 Å². The van der Waals surface area contributed by atoms with E-state index >= 15 is 0 Å². The number of nitrogens with one attached hydrogen (secondary N) is 1. The van der Waals surface area contributed by atoms with Crippen molar-refractivity contribution in [2.75, 3.05) is 33.4 Å². The Morgan fingerprint density at radius 1 is 1.02 bits per heavy atom. The summed E-state index contributed by atoms with van der Waals surface area (Å²) in [7, 11) is 1.62. The number of likely N-dealkylation sites (tertiary alicyclic amines) is 1. The molecule has 4 aromatic rings. The number of nitrogens with zero attached hydrogens (tertiary/aromatic N) is 1. The molecule has 44 heavy (non-hydrogen) atoms. The number of phenolic OH excluding ortho intramolecular Hbond substituents is 1. The van der Waals surface area contributed by atoms with Gasteiger partial charge in [0.15, 0.2) is 11.5 Å². The van der Waals surface area contributed by atoms with E-state index in [9.17, 15) is 9.90 Å². The van der Waals surface area contributed by atoms with Gasteiger partial charge in [0.25, 0.3) is 0 Å². The Balaban J connectivity index is 0.000000339. The van der Waals surface area contributed by atoms with Crippen LogP contribution in [0, 0.1) is 5.41 Å². The fourth-order valence-corrected chi connectivity index (χ4v) is 5.28. The summed E-state index contributed by atoms with van der Waals surface area (Å²) >= 11 is 11.5. The van der Waals surface area contributed by atoms with E-state index in [-0.39, 0.29) is 16.3 Å². The van der Waals surface area contributed by atoms with Crippen LogP contribution in [0.1, 0.15) is 34.3 Å². The van der Waals surface area contributed by atoms with Gasteiger partial charge in [0.05, 0.1) is 17.7 Å². The average molecular weight is 637 g/mol. The van der Waals surface area contributed by atoms with E-state index in [2.05, 4.69) is 4.90 Å². The van der Waals surface area contributed by atoms with Gasteiger partial charge in [0, 0.05) is 42.0 Å². The van der Waals surface area contributed by atoms with Gasteiger partial charge in [0.2, 0.25) is 5.91 Å². The normalized spacial score (nSPS) is 14.2. The molecule has 1 aliphatic heterocycles. The van der Waals surface area contributed by atoms with Crippen LogP contribution in [0.3, 0.4) is 0 Å². The summed E-state index contributed by atoms with van der Waals surface area (Å²) in [5, 5.41) is 28.5. The van der Waals surface area contributed by atoms with Crippen molar-refractivity contribution in [3.63, 3.8) is 0 Å². The van der Waals surface area contributed by atoms with E-state index in [1.54, 1.807) is 7.11 Å². The molecule has 1 fully saturated rings. The Labute approximate surface area is 267 Å². The van der Waals surface area contributed by atoms with Crippen molar-refractivity contribution in [1.29, 1.82) is 5.41 Å². The van der Waals surface area contributed by atoms with Gasteiger partial charge < -0.3 is 30.8 Å². The number of methoxy groups -OCH3 is 1. The Hall–Kier alpha value is -4.08. The minimum absolute atomic E-state index is 0.0586. The van der Waals surface area contributed by atoms with Crippen molar-refractivity contribution < 1.29 is 24.5 Å². The second-order valence-corrected chi connectivity index (χ2v) is 11.2. The molecule has 5 rings (SSSR count). The number of hydrogen-bond donors (Lipinski definition) is 4. The zero-order valence-corrected chi connectivity index (χ0v) is 25.8. The molecule has 5 N–H and O–H groups in total. The number of carbonyl (C=O) groups is 1. The molecule has 0 radical (unpaired) electrons. The summed E-state index contributed by atoms with van der Waals surface area (Å²) in [6.07, 6.45) is 2.65. The molecular formula is C34H35Cl2N3O5. The second-order valence-electron chi connectivity index (χ2n) is 10.4. The molecule has 0 spiro atoms. The largest absolute Gasteiger partial charge is 0.506 e. The van der Waals surface area contributed by atoms with Crippen LogP contribution in [-0.2, 0) is 5.60 Å². The van der Waals surface area contributed by atoms with E-state index in [1.807, 2.05) is 66.7 Å². The van der Waals surface area contributed by atoms with Crippen LogP contribution in [0.25, 0.3) is 11.1 Å². The minimum atomic E-state index is -0.811. The number of amides is 1. The minimum Gasteiger partial charge on any atom is -0.506 e. The van der Waals surface area contributed by atoms with E-state index in [0.717, 1.165) is 41.9 Å². The number of phenols is 1. The zero-order valence-electron chi connectivity index (χ0n) is 24.3. The molecule has 1 aliphatic rings. The molecule has 0 atom stereocenters. The van der Waals surface area contributed by atoms with Gasteiger partial charge in [-0.1, -0.05) is 65.7 Å². The number of piperidine rings is 1. The first kappa shape index (κ1) is 32.8. The van der Waals surface area contributed by atoms with Gasteiger partial charge in [-0.25, -0.2) is 0 Å². The third-order valence-corrected chi connectivity index (χ3v) is 8.05. The number of carbonyl (C=O) groups excluding carboxylic acids is 1. The SMILES string of the molecule is COc1cc(C=N)cc(-c2ccccc2)c1OCCN1CCC(O)(c2ccc(Cl)cc2)CC1.NC(=O)c1ccc(O)c(Cl)c1. The summed E-state index contributed by atoms with van der Waals surface area (Å²) in [4.78, 5) is 12.9. The molecule has 0 aliphatic carbocycles. The third-order valence-electron chi connectivity index (χ3n) is 7.50. The van der Waals surface area contributed by atoms with Crippen molar-refractivity contribution in [3.8, 4) is 28.4 Å². The fraction of sp³-hybridized carbons (Fsp3) is 0.235. The highest BCUT2D eigenvalue weighted by atomic mass is 35.5. The fourth-order valence-electron chi connectivity index (χ4n) is 4.97. The molecule has 1 amide bonds. The van der Waals surface area contributed by atoms with Gasteiger partial charge in [-0.15, -0.1) is 0 Å². The first-order valence-corrected chi connectivity index (χ1v) is 14.8. The van der Waals surface area contributed by atoms with Crippen LogP contribution in [0.4, 0.5) is 0 Å². The van der Waals surface area contributed by atoms with Gasteiger partial charge >= 0.3 is 0 Å². The first-order valence-electron chi connectivity index (χ1n) is 14.0. The number of nitrogens with two attached hydrogens (primary N) is 1. The van der Waals surface area contributed by atoms with Crippen LogP contribution in [0.15, 0.2) is 84.9 Å². The van der Waals surface area contributed by atoms with Crippen LogP contribution < -0.4 is 15.2 Å². The molecule has 8 nitrogen and oxygen atoms in total. The van der Waals surface area contributed by atoms with Crippen molar-refractivity contribution in [1.82, 2.24) is 4.90 Å². The van der Waals surface area contributed by atoms with Crippen molar-refractivity contribution in [3.05, 3.63) is 112 Å². The molecule has 0 saturated carbocycles. The van der Waals surface area contributed by atoms with E-state index in [4.69, 9.17) is 48.9 Å². The number of halogens is 2. The lowest BCUT2D eigenvalue weighted by molar-refractivity contribution is -0.0278. The number of hydrogen-bond acceptors (Lipinski definition) is 7. The third kappa shape index (κ3) is 8.30. The highest BCUT2D eigenvalue weighted by Gasteiger charge is 2.33. The van der Waals surface area contributed by atoms with Crippen LogP contribution in [0.5, 0.6) is 17.2 Å². The molecule has 10 heteroatoms. The predicted octanol–water partition coefficient (Wildman–Crippen LogP) is 6.52. The van der Waals surface area contributed by atoms with Gasteiger partial charge in [-0.05, 0) is 72.0 Å². The first-order chi connectivity index (χ1) is 21.1. The Kier molecular flexibility index (Phi) is 11.3. The highest BCUT2D eigenvalue weighted by molar-refractivity contribution is 6.32. The molecular weight excluding hydrogens is 601 g/mol. The Morgan fingerprint density at radius 3 is 2.30 bits per heavy atom. The van der Waals surface area contributed by atoms with Gasteiger partial charge in [-0.3, -0.25) is 9.69 Å². The zero-order chi connectivity index (χ0) is 31.7. The van der Waals surface area contributed by atoms with Crippen LogP contribution >= 0.6 is 23.2 Å². The van der Waals surface area contributed by atoms with E-state index < -0.39 is 11.5 Å². The van der Waals surface area contributed by atoms with Crippen LogP contribution in [-0.4, -0.2) is 60.6 Å². The van der Waals surface area contributed by atoms with E-state index in [0.29, 0.717) is 36.0 Å². The number of rotatable bonds is 9. The van der Waals surface area contributed by atoms with Crippen LogP contribution in [0.2, 0.25) is 10.0 Å². The second kappa shape index (κ2) is 15.1. The summed E-state index contributed by atoms with van der Waals surface area (Å²) in [5.74, 6) is 0.679. The van der Waals surface area contributed by atoms with Crippen molar-refractivity contribution in [2.45, 2.75) is 18.4 Å². The summed E-state index contributed by atoms with van der Waals surface area (Å²) in [6.45, 7) is 2.83. The summed E-state index contributed by atoms with van der Waals surface area (Å²) in [6, 6.07) is 25.3. The number of aliphatic hydroxyl groups is 1. The lowest BCUT2D eigenvalue weighted by Crippen LogP contribution is -2.43. The van der Waals surface area contributed by atoms with Crippen molar-refractivity contribution in [2.24, 2.45) is 5.73 Å². The molecule has 230 valence electrons. The molecule has 0 unspecified atom stereocenters. The Morgan fingerprint density at radius 2 is 1.70 bits per heavy atom. The summed E-state index contributed by atoms with van der Waals surface area (Å²) in [5.41, 5.74) is 8.03. The van der Waals surface area contributed by atoms with Crippen molar-refractivity contribution >= 4 is 35.3 Å². The number of benzene rings is 4. The predicted molar refractivity (Wildman–Crippen MR) is 174 cm³/mol. The topological polar surface area (TPSA) is 129 Å². The molecule has 4 aromatic carbocycles. The lowest BCUT2D eigenvalue weighted by Gasteiger charge is -2.38. The standard InChI is InChI=1S/C27H29ClN2O3.C7H6ClNO2/c1-32-25-18-20(19-29)17-24(21-5-3-2-4-6-21)26(25)33-16-15-30-13-11-27(31,12-14-30)22-7-9-23(28)10-8-22;8-5-3-4(7(9)11)1-2-6(5)10/h2-10,17-19,29,31H,11-16H2,1H3;1-3,10H,(H2,9,11).